The number of amides is 1. The van der Waals surface area contributed by atoms with Gasteiger partial charge in [-0.3, -0.25) is 4.79 Å². The van der Waals surface area contributed by atoms with Crippen LogP contribution in [0.25, 0.3) is 0 Å². The van der Waals surface area contributed by atoms with Crippen molar-refractivity contribution in [3.63, 3.8) is 0 Å². The summed E-state index contributed by atoms with van der Waals surface area (Å²) < 4.78 is 26.2. The average molecular weight is 389 g/mol. The molecule has 2 aromatic carbocycles. The fourth-order valence-electron chi connectivity index (χ4n) is 2.48. The first kappa shape index (κ1) is 18.7. The zero-order chi connectivity index (χ0) is 19.6. The molecule has 0 saturated carbocycles. The summed E-state index contributed by atoms with van der Waals surface area (Å²) in [5, 5.41) is 5.93. The lowest BCUT2D eigenvalue weighted by Crippen LogP contribution is -2.15. The standard InChI is InChI=1S/C19H15ClF2N4O/c1-10-5-11(2)18(13(20)6-10)26-19(27)16-8-24-17(9-23-16)25-12-3-4-14(21)15(22)7-12/h3-9H,1-2H3,(H,24,25)(H,26,27). The molecular formula is C19H15ClF2N4O. The number of anilines is 3. The van der Waals surface area contributed by atoms with Crippen LogP contribution in [0.2, 0.25) is 5.02 Å². The van der Waals surface area contributed by atoms with Gasteiger partial charge in [0.05, 0.1) is 23.1 Å². The monoisotopic (exact) mass is 388 g/mol. The van der Waals surface area contributed by atoms with Gasteiger partial charge < -0.3 is 10.6 Å². The molecular weight excluding hydrogens is 374 g/mol. The average Bonchev–Trinajstić information content (AvgIpc) is 2.61. The van der Waals surface area contributed by atoms with Crippen molar-refractivity contribution < 1.29 is 13.6 Å². The molecule has 1 heterocycles. The third-order valence-electron chi connectivity index (χ3n) is 3.75. The zero-order valence-corrected chi connectivity index (χ0v) is 15.2. The van der Waals surface area contributed by atoms with Crippen LogP contribution in [0.1, 0.15) is 21.6 Å². The van der Waals surface area contributed by atoms with Gasteiger partial charge in [-0.2, -0.15) is 0 Å². The van der Waals surface area contributed by atoms with E-state index < -0.39 is 17.5 Å². The SMILES string of the molecule is Cc1cc(C)c(NC(=O)c2cnc(Nc3ccc(F)c(F)c3)cn2)c(Cl)c1. The van der Waals surface area contributed by atoms with Crippen LogP contribution in [0.4, 0.5) is 26.0 Å². The quantitative estimate of drug-likeness (QED) is 0.658. The highest BCUT2D eigenvalue weighted by Gasteiger charge is 2.13. The van der Waals surface area contributed by atoms with Crippen LogP contribution in [-0.4, -0.2) is 15.9 Å². The number of halogens is 3. The van der Waals surface area contributed by atoms with Crippen LogP contribution < -0.4 is 10.6 Å². The highest BCUT2D eigenvalue weighted by atomic mass is 35.5. The Labute approximate surface area is 159 Å². The van der Waals surface area contributed by atoms with E-state index in [1.54, 1.807) is 6.07 Å². The van der Waals surface area contributed by atoms with Crippen LogP contribution >= 0.6 is 11.6 Å². The first-order valence-corrected chi connectivity index (χ1v) is 8.33. The molecule has 3 aromatic rings. The van der Waals surface area contributed by atoms with Crippen molar-refractivity contribution in [3.8, 4) is 0 Å². The van der Waals surface area contributed by atoms with Gasteiger partial charge in [-0.1, -0.05) is 17.7 Å². The molecule has 0 fully saturated rings. The molecule has 0 aliphatic heterocycles. The van der Waals surface area contributed by atoms with E-state index >= 15 is 0 Å². The second-order valence-corrected chi connectivity index (χ2v) is 6.34. The Morgan fingerprint density at radius 1 is 1.04 bits per heavy atom. The minimum absolute atomic E-state index is 0.0851. The van der Waals surface area contributed by atoms with E-state index in [1.165, 1.54) is 18.5 Å². The fraction of sp³-hybridized carbons (Fsp3) is 0.105. The Balaban J connectivity index is 1.73. The molecule has 1 amide bonds. The van der Waals surface area contributed by atoms with Crippen LogP contribution in [0.15, 0.2) is 42.7 Å². The summed E-state index contributed by atoms with van der Waals surface area (Å²) in [7, 11) is 0. The molecule has 5 nitrogen and oxygen atoms in total. The summed E-state index contributed by atoms with van der Waals surface area (Å²) in [5.41, 5.74) is 2.73. The first-order valence-electron chi connectivity index (χ1n) is 7.95. The third-order valence-corrected chi connectivity index (χ3v) is 4.04. The van der Waals surface area contributed by atoms with Crippen LogP contribution in [0.3, 0.4) is 0 Å². The van der Waals surface area contributed by atoms with Crippen LogP contribution in [-0.2, 0) is 0 Å². The summed E-state index contributed by atoms with van der Waals surface area (Å²) in [4.78, 5) is 20.5. The zero-order valence-electron chi connectivity index (χ0n) is 14.5. The van der Waals surface area contributed by atoms with E-state index in [0.29, 0.717) is 16.4 Å². The number of nitrogens with one attached hydrogen (secondary N) is 2. The van der Waals surface area contributed by atoms with Crippen molar-refractivity contribution in [1.29, 1.82) is 0 Å². The minimum atomic E-state index is -0.977. The number of aromatic nitrogens is 2. The Bertz CT molecular complexity index is 986. The molecule has 1 aromatic heterocycles. The second kappa shape index (κ2) is 7.67. The second-order valence-electron chi connectivity index (χ2n) is 5.93. The molecule has 0 unspecified atom stereocenters. The largest absolute Gasteiger partial charge is 0.339 e. The van der Waals surface area contributed by atoms with Gasteiger partial charge in [0.15, 0.2) is 11.6 Å². The molecule has 2 N–H and O–H groups in total. The summed E-state index contributed by atoms with van der Waals surface area (Å²) in [6.45, 7) is 3.75. The molecule has 8 heteroatoms. The lowest BCUT2D eigenvalue weighted by Gasteiger charge is -2.11. The van der Waals surface area contributed by atoms with Gasteiger partial charge in [0.2, 0.25) is 0 Å². The summed E-state index contributed by atoms with van der Waals surface area (Å²) >= 11 is 6.19. The smallest absolute Gasteiger partial charge is 0.275 e. The molecule has 0 aliphatic carbocycles. The number of rotatable bonds is 4. The number of hydrogen-bond donors (Lipinski definition) is 2. The summed E-state index contributed by atoms with van der Waals surface area (Å²) in [6, 6.07) is 7.02. The summed E-state index contributed by atoms with van der Waals surface area (Å²) in [6.07, 6.45) is 2.59. The van der Waals surface area contributed by atoms with Gasteiger partial charge in [-0.05, 0) is 43.2 Å². The fourth-order valence-corrected chi connectivity index (χ4v) is 2.85. The summed E-state index contributed by atoms with van der Waals surface area (Å²) in [5.74, 6) is -2.10. The number of benzene rings is 2. The van der Waals surface area contributed by atoms with Gasteiger partial charge in [-0.15, -0.1) is 0 Å². The van der Waals surface area contributed by atoms with Gasteiger partial charge >= 0.3 is 0 Å². The van der Waals surface area contributed by atoms with Gasteiger partial charge in [-0.25, -0.2) is 18.7 Å². The highest BCUT2D eigenvalue weighted by Crippen LogP contribution is 2.27. The van der Waals surface area contributed by atoms with Gasteiger partial charge in [0.1, 0.15) is 11.5 Å². The third kappa shape index (κ3) is 4.38. The first-order chi connectivity index (χ1) is 12.8. The van der Waals surface area contributed by atoms with Crippen molar-refractivity contribution in [1.82, 2.24) is 9.97 Å². The Kier molecular flexibility index (Phi) is 5.32. The Morgan fingerprint density at radius 2 is 1.81 bits per heavy atom. The molecule has 27 heavy (non-hydrogen) atoms. The normalized spacial score (nSPS) is 10.6. The number of carbonyl (C=O) groups is 1. The van der Waals surface area contributed by atoms with Crippen LogP contribution in [0.5, 0.6) is 0 Å². The van der Waals surface area contributed by atoms with E-state index in [0.717, 1.165) is 23.3 Å². The number of nitrogens with zero attached hydrogens (tertiary/aromatic N) is 2. The number of aryl methyl sites for hydroxylation is 2. The lowest BCUT2D eigenvalue weighted by atomic mass is 10.1. The van der Waals surface area contributed by atoms with E-state index in [4.69, 9.17) is 11.6 Å². The predicted molar refractivity (Wildman–Crippen MR) is 101 cm³/mol. The van der Waals surface area contributed by atoms with Crippen molar-refractivity contribution >= 4 is 34.7 Å². The Morgan fingerprint density at radius 3 is 2.44 bits per heavy atom. The van der Waals surface area contributed by atoms with Gasteiger partial charge in [0, 0.05) is 11.8 Å². The highest BCUT2D eigenvalue weighted by molar-refractivity contribution is 6.34. The van der Waals surface area contributed by atoms with E-state index in [-0.39, 0.29) is 11.5 Å². The predicted octanol–water partition coefficient (Wildman–Crippen LogP) is 5.02. The maximum Gasteiger partial charge on any atom is 0.275 e. The topological polar surface area (TPSA) is 66.9 Å². The van der Waals surface area contributed by atoms with Crippen LogP contribution in [0, 0.1) is 25.5 Å². The Hall–Kier alpha value is -3.06. The molecule has 0 radical (unpaired) electrons. The molecule has 0 atom stereocenters. The molecule has 138 valence electrons. The molecule has 0 bridgehead atoms. The maximum absolute atomic E-state index is 13.2. The number of carbonyl (C=O) groups excluding carboxylic acids is 1. The molecule has 0 aliphatic rings. The van der Waals surface area contributed by atoms with Crippen molar-refractivity contribution in [2.75, 3.05) is 10.6 Å². The van der Waals surface area contributed by atoms with E-state index in [9.17, 15) is 13.6 Å². The van der Waals surface area contributed by atoms with Crippen molar-refractivity contribution in [3.05, 3.63) is 76.2 Å². The van der Waals surface area contributed by atoms with Crippen molar-refractivity contribution in [2.45, 2.75) is 13.8 Å². The number of hydrogen-bond acceptors (Lipinski definition) is 4. The maximum atomic E-state index is 13.2. The lowest BCUT2D eigenvalue weighted by molar-refractivity contribution is 0.102. The van der Waals surface area contributed by atoms with E-state index in [1.807, 2.05) is 19.9 Å². The van der Waals surface area contributed by atoms with E-state index in [2.05, 4.69) is 20.6 Å². The minimum Gasteiger partial charge on any atom is -0.339 e. The van der Waals surface area contributed by atoms with Crippen molar-refractivity contribution in [2.24, 2.45) is 0 Å². The molecule has 0 saturated heterocycles. The molecule has 3 rings (SSSR count). The van der Waals surface area contributed by atoms with Gasteiger partial charge in [0.25, 0.3) is 5.91 Å². The molecule has 0 spiro atoms.